The first-order chi connectivity index (χ1) is 11.7. The summed E-state index contributed by atoms with van der Waals surface area (Å²) in [6.07, 6.45) is 5.33. The van der Waals surface area contributed by atoms with Crippen LogP contribution < -0.4 is 10.6 Å². The van der Waals surface area contributed by atoms with Gasteiger partial charge in [0.05, 0.1) is 12.0 Å². The molecule has 3 rings (SSSR count). The van der Waals surface area contributed by atoms with Gasteiger partial charge in [-0.2, -0.15) is 0 Å². The van der Waals surface area contributed by atoms with Crippen LogP contribution in [0.2, 0.25) is 0 Å². The van der Waals surface area contributed by atoms with Gasteiger partial charge < -0.3 is 10.1 Å². The number of methoxy groups -OCH3 is 1. The zero-order valence-electron chi connectivity index (χ0n) is 13.6. The number of carbonyl (C=O) groups excluding carboxylic acids is 2. The van der Waals surface area contributed by atoms with Crippen LogP contribution in [-0.2, 0) is 17.6 Å². The van der Waals surface area contributed by atoms with Crippen molar-refractivity contribution in [2.75, 3.05) is 17.7 Å². The van der Waals surface area contributed by atoms with Gasteiger partial charge >= 0.3 is 6.09 Å². The minimum atomic E-state index is -0.521. The maximum Gasteiger partial charge on any atom is 0.411 e. The van der Waals surface area contributed by atoms with Crippen LogP contribution in [0.4, 0.5) is 16.2 Å². The lowest BCUT2D eigenvalue weighted by molar-refractivity contribution is 0.103. The van der Waals surface area contributed by atoms with Crippen LogP contribution in [0.25, 0.3) is 0 Å². The SMILES string of the molecule is COC(=O)Nc1ccc(NC(=O)c2cc3c(s2)CCCCC3)cc1. The maximum absolute atomic E-state index is 12.4. The second-order valence-corrected chi connectivity index (χ2v) is 6.90. The lowest BCUT2D eigenvalue weighted by Crippen LogP contribution is -2.12. The standard InChI is InChI=1S/C18H20N2O3S/c1-23-18(22)20-14-9-7-13(8-10-14)19-17(21)16-11-12-5-3-2-4-6-15(12)24-16/h7-11H,2-6H2,1H3,(H,19,21)(H,20,22). The number of benzene rings is 1. The first kappa shape index (κ1) is 16.5. The number of carbonyl (C=O) groups is 2. The second-order valence-electron chi connectivity index (χ2n) is 5.77. The molecule has 1 aromatic carbocycles. The monoisotopic (exact) mass is 344 g/mol. The Balaban J connectivity index is 1.65. The quantitative estimate of drug-likeness (QED) is 0.809. The molecule has 0 aliphatic heterocycles. The van der Waals surface area contributed by atoms with E-state index in [4.69, 9.17) is 0 Å². The van der Waals surface area contributed by atoms with E-state index in [-0.39, 0.29) is 5.91 Å². The van der Waals surface area contributed by atoms with Crippen molar-refractivity contribution in [3.8, 4) is 0 Å². The van der Waals surface area contributed by atoms with Gasteiger partial charge in [-0.25, -0.2) is 4.79 Å². The summed E-state index contributed by atoms with van der Waals surface area (Å²) in [6, 6.07) is 8.98. The number of anilines is 2. The molecule has 0 spiro atoms. The van der Waals surface area contributed by atoms with E-state index >= 15 is 0 Å². The Labute approximate surface area is 145 Å². The largest absolute Gasteiger partial charge is 0.453 e. The van der Waals surface area contributed by atoms with Crippen molar-refractivity contribution in [3.63, 3.8) is 0 Å². The highest BCUT2D eigenvalue weighted by molar-refractivity contribution is 7.14. The molecule has 0 saturated heterocycles. The second kappa shape index (κ2) is 7.49. The Bertz CT molecular complexity index is 714. The average molecular weight is 344 g/mol. The first-order valence-electron chi connectivity index (χ1n) is 8.03. The molecular weight excluding hydrogens is 324 g/mol. The number of thiophene rings is 1. The van der Waals surface area contributed by atoms with Crippen molar-refractivity contribution < 1.29 is 14.3 Å². The Morgan fingerprint density at radius 2 is 1.67 bits per heavy atom. The number of hydrogen-bond acceptors (Lipinski definition) is 4. The van der Waals surface area contributed by atoms with E-state index in [0.29, 0.717) is 11.4 Å². The van der Waals surface area contributed by atoms with Gasteiger partial charge in [-0.15, -0.1) is 11.3 Å². The third-order valence-corrected chi connectivity index (χ3v) is 5.28. The van der Waals surface area contributed by atoms with Crippen LogP contribution in [0.5, 0.6) is 0 Å². The van der Waals surface area contributed by atoms with Gasteiger partial charge in [-0.3, -0.25) is 10.1 Å². The van der Waals surface area contributed by atoms with Gasteiger partial charge in [0.25, 0.3) is 5.91 Å². The van der Waals surface area contributed by atoms with Crippen LogP contribution in [0.3, 0.4) is 0 Å². The van der Waals surface area contributed by atoms with Gasteiger partial charge in [-0.1, -0.05) is 6.42 Å². The van der Waals surface area contributed by atoms with E-state index in [1.807, 2.05) is 6.07 Å². The molecule has 0 radical (unpaired) electrons. The summed E-state index contributed by atoms with van der Waals surface area (Å²) in [6.45, 7) is 0. The average Bonchev–Trinajstić information content (AvgIpc) is 2.87. The minimum Gasteiger partial charge on any atom is -0.453 e. The normalized spacial score (nSPS) is 13.5. The zero-order chi connectivity index (χ0) is 16.9. The summed E-state index contributed by atoms with van der Waals surface area (Å²) in [5.74, 6) is -0.0817. The van der Waals surface area contributed by atoms with E-state index in [9.17, 15) is 9.59 Å². The molecule has 5 nitrogen and oxygen atoms in total. The molecule has 2 N–H and O–H groups in total. The molecule has 2 aromatic rings. The van der Waals surface area contributed by atoms with Crippen molar-refractivity contribution in [1.82, 2.24) is 0 Å². The first-order valence-corrected chi connectivity index (χ1v) is 8.85. The molecule has 0 saturated carbocycles. The molecule has 0 bridgehead atoms. The van der Waals surface area contributed by atoms with Gasteiger partial charge in [0.2, 0.25) is 0 Å². The van der Waals surface area contributed by atoms with Crippen LogP contribution in [0, 0.1) is 0 Å². The fourth-order valence-electron chi connectivity index (χ4n) is 2.78. The maximum atomic E-state index is 12.4. The summed E-state index contributed by atoms with van der Waals surface area (Å²) in [5, 5.41) is 5.48. The lowest BCUT2D eigenvalue weighted by atomic mass is 10.1. The minimum absolute atomic E-state index is 0.0817. The van der Waals surface area contributed by atoms with Crippen LogP contribution >= 0.6 is 11.3 Å². The lowest BCUT2D eigenvalue weighted by Gasteiger charge is -2.06. The molecular formula is C18H20N2O3S. The molecule has 1 aromatic heterocycles. The van der Waals surface area contributed by atoms with Crippen molar-refractivity contribution >= 4 is 34.7 Å². The number of nitrogens with one attached hydrogen (secondary N) is 2. The molecule has 0 fully saturated rings. The van der Waals surface area contributed by atoms with E-state index in [0.717, 1.165) is 17.7 Å². The highest BCUT2D eigenvalue weighted by Gasteiger charge is 2.16. The van der Waals surface area contributed by atoms with Gasteiger partial charge in [-0.05, 0) is 61.6 Å². The summed E-state index contributed by atoms with van der Waals surface area (Å²) < 4.78 is 4.54. The Morgan fingerprint density at radius 1 is 1.00 bits per heavy atom. The molecule has 1 aliphatic rings. The molecule has 0 atom stereocenters. The Hall–Kier alpha value is -2.34. The van der Waals surface area contributed by atoms with Crippen LogP contribution in [-0.4, -0.2) is 19.1 Å². The molecule has 2 amide bonds. The number of hydrogen-bond donors (Lipinski definition) is 2. The molecule has 24 heavy (non-hydrogen) atoms. The smallest absolute Gasteiger partial charge is 0.411 e. The number of ether oxygens (including phenoxy) is 1. The van der Waals surface area contributed by atoms with Gasteiger partial charge in [0, 0.05) is 16.3 Å². The van der Waals surface area contributed by atoms with Crippen molar-refractivity contribution in [3.05, 3.63) is 45.6 Å². The summed E-state index contributed by atoms with van der Waals surface area (Å²) in [5.41, 5.74) is 2.64. The predicted octanol–water partition coefficient (Wildman–Crippen LogP) is 4.45. The fraction of sp³-hybridized carbons (Fsp3) is 0.333. The van der Waals surface area contributed by atoms with Gasteiger partial charge in [0.1, 0.15) is 0 Å². The van der Waals surface area contributed by atoms with E-state index in [1.165, 1.54) is 36.8 Å². The third-order valence-electron chi connectivity index (χ3n) is 4.04. The van der Waals surface area contributed by atoms with Gasteiger partial charge in [0.15, 0.2) is 0 Å². The molecule has 1 heterocycles. The molecule has 6 heteroatoms. The van der Waals surface area contributed by atoms with Crippen molar-refractivity contribution in [1.29, 1.82) is 0 Å². The zero-order valence-corrected chi connectivity index (χ0v) is 14.4. The molecule has 0 unspecified atom stereocenters. The number of amides is 2. The van der Waals surface area contributed by atoms with Crippen molar-refractivity contribution in [2.45, 2.75) is 32.1 Å². The highest BCUT2D eigenvalue weighted by Crippen LogP contribution is 2.29. The van der Waals surface area contributed by atoms with Crippen molar-refractivity contribution in [2.24, 2.45) is 0 Å². The van der Waals surface area contributed by atoms with E-state index in [1.54, 1.807) is 35.6 Å². The highest BCUT2D eigenvalue weighted by atomic mass is 32.1. The van der Waals surface area contributed by atoms with Crippen LogP contribution in [0.15, 0.2) is 30.3 Å². The number of aryl methyl sites for hydroxylation is 2. The Kier molecular flexibility index (Phi) is 5.15. The Morgan fingerprint density at radius 3 is 2.38 bits per heavy atom. The molecule has 126 valence electrons. The number of rotatable bonds is 3. The summed E-state index contributed by atoms with van der Waals surface area (Å²) >= 11 is 1.60. The topological polar surface area (TPSA) is 67.4 Å². The summed E-state index contributed by atoms with van der Waals surface area (Å²) in [7, 11) is 1.31. The van der Waals surface area contributed by atoms with Crippen LogP contribution in [0.1, 0.15) is 39.4 Å². The van der Waals surface area contributed by atoms with E-state index in [2.05, 4.69) is 15.4 Å². The fourth-order valence-corrected chi connectivity index (χ4v) is 3.93. The number of fused-ring (bicyclic) bond motifs is 1. The predicted molar refractivity (Wildman–Crippen MR) is 96.0 cm³/mol. The molecule has 1 aliphatic carbocycles. The third kappa shape index (κ3) is 3.94. The van der Waals surface area contributed by atoms with E-state index < -0.39 is 6.09 Å². The summed E-state index contributed by atoms with van der Waals surface area (Å²) in [4.78, 5) is 25.7.